The fraction of sp³-hybridized carbons (Fsp3) is 0.130. The Morgan fingerprint density at radius 1 is 1.15 bits per heavy atom. The largest absolute Gasteiger partial charge is 0.360 e. The molecule has 3 heterocycles. The molecule has 0 fully saturated rings. The molecule has 7 nitrogen and oxygen atoms in total. The van der Waals surface area contributed by atoms with Crippen molar-refractivity contribution in [2.75, 3.05) is 5.32 Å². The van der Waals surface area contributed by atoms with Crippen molar-refractivity contribution < 1.29 is 4.39 Å². The van der Waals surface area contributed by atoms with Gasteiger partial charge in [0, 0.05) is 10.7 Å². The van der Waals surface area contributed by atoms with E-state index in [1.807, 2.05) is 6.92 Å². The summed E-state index contributed by atoms with van der Waals surface area (Å²) >= 11 is 12.6. The number of rotatable bonds is 5. The first-order valence-corrected chi connectivity index (χ1v) is 10.9. The van der Waals surface area contributed by atoms with E-state index < -0.39 is 11.4 Å². The van der Waals surface area contributed by atoms with E-state index in [2.05, 4.69) is 25.3 Å². The average molecular weight is 483 g/mol. The zero-order chi connectivity index (χ0) is 23.1. The Morgan fingerprint density at radius 3 is 2.79 bits per heavy atom. The highest BCUT2D eigenvalue weighted by molar-refractivity contribution is 6.35. The Kier molecular flexibility index (Phi) is 5.47. The number of nitrogens with zero attached hydrogens (tertiary/aromatic N) is 4. The predicted octanol–water partition coefficient (Wildman–Crippen LogP) is 5.67. The summed E-state index contributed by atoms with van der Waals surface area (Å²) in [4.78, 5) is 29.3. The molecule has 3 aromatic heterocycles. The monoisotopic (exact) mass is 482 g/mol. The molecule has 33 heavy (non-hydrogen) atoms. The van der Waals surface area contributed by atoms with Gasteiger partial charge in [-0.05, 0) is 42.1 Å². The third-order valence-electron chi connectivity index (χ3n) is 5.47. The summed E-state index contributed by atoms with van der Waals surface area (Å²) in [5.74, 6) is -0.0911. The number of H-pyrrole nitrogens is 1. The van der Waals surface area contributed by atoms with Crippen LogP contribution in [0.15, 0.2) is 59.9 Å². The van der Waals surface area contributed by atoms with Crippen LogP contribution in [-0.4, -0.2) is 24.5 Å². The van der Waals surface area contributed by atoms with Crippen LogP contribution in [0.3, 0.4) is 0 Å². The van der Waals surface area contributed by atoms with Crippen LogP contribution in [0.2, 0.25) is 10.0 Å². The van der Waals surface area contributed by atoms with E-state index in [1.165, 1.54) is 23.3 Å². The van der Waals surface area contributed by atoms with Crippen molar-refractivity contribution in [2.45, 2.75) is 19.4 Å². The zero-order valence-electron chi connectivity index (χ0n) is 17.3. The lowest BCUT2D eigenvalue weighted by Gasteiger charge is -2.24. The number of anilines is 1. The standard InChI is InChI=1S/C23H17Cl2FN6O/c1-2-16(31-22-20-21(28-10-27-20)29-11-30-22)18-8-12-4-3-5-15(26)19(12)23(33)32(18)17-7-6-13(24)9-14(17)25/h3-11,16H,2H2,1H3,(H2,27,28,29,30,31). The van der Waals surface area contributed by atoms with Crippen LogP contribution in [0.1, 0.15) is 25.1 Å². The van der Waals surface area contributed by atoms with Crippen molar-refractivity contribution in [3.63, 3.8) is 0 Å². The molecule has 0 amide bonds. The first kappa shape index (κ1) is 21.4. The SMILES string of the molecule is CCC(Nc1ncnc2[nH]cnc12)c1cc2cccc(F)c2c(=O)n1-c1ccc(Cl)cc1Cl. The number of fused-ring (bicyclic) bond motifs is 2. The van der Waals surface area contributed by atoms with Crippen molar-refractivity contribution in [3.05, 3.63) is 87.0 Å². The fourth-order valence-corrected chi connectivity index (χ4v) is 4.42. The predicted molar refractivity (Wildman–Crippen MR) is 128 cm³/mol. The zero-order valence-corrected chi connectivity index (χ0v) is 18.8. The van der Waals surface area contributed by atoms with Gasteiger partial charge in [-0.15, -0.1) is 0 Å². The van der Waals surface area contributed by atoms with Crippen LogP contribution in [0.25, 0.3) is 27.6 Å². The lowest BCUT2D eigenvalue weighted by molar-refractivity contribution is 0.635. The minimum absolute atomic E-state index is 0.0150. The highest BCUT2D eigenvalue weighted by Gasteiger charge is 2.22. The van der Waals surface area contributed by atoms with Crippen molar-refractivity contribution in [2.24, 2.45) is 0 Å². The molecule has 0 aliphatic heterocycles. The molecule has 0 aliphatic rings. The van der Waals surface area contributed by atoms with Crippen molar-refractivity contribution in [3.8, 4) is 5.69 Å². The van der Waals surface area contributed by atoms with Gasteiger partial charge in [-0.2, -0.15) is 0 Å². The van der Waals surface area contributed by atoms with Crippen LogP contribution in [0, 0.1) is 5.82 Å². The maximum Gasteiger partial charge on any atom is 0.266 e. The molecule has 0 spiro atoms. The number of aromatic amines is 1. The first-order valence-electron chi connectivity index (χ1n) is 10.2. The lowest BCUT2D eigenvalue weighted by atomic mass is 10.0. The summed E-state index contributed by atoms with van der Waals surface area (Å²) in [6, 6.07) is 10.8. The smallest absolute Gasteiger partial charge is 0.266 e. The minimum atomic E-state index is -0.599. The van der Waals surface area contributed by atoms with E-state index in [4.69, 9.17) is 23.2 Å². The van der Waals surface area contributed by atoms with E-state index in [1.54, 1.807) is 36.4 Å². The van der Waals surface area contributed by atoms with Gasteiger partial charge >= 0.3 is 0 Å². The molecule has 1 atom stereocenters. The molecular weight excluding hydrogens is 466 g/mol. The average Bonchev–Trinajstić information content (AvgIpc) is 3.28. The second-order valence-electron chi connectivity index (χ2n) is 7.44. The minimum Gasteiger partial charge on any atom is -0.360 e. The number of pyridine rings is 1. The number of hydrogen-bond donors (Lipinski definition) is 2. The highest BCUT2D eigenvalue weighted by atomic mass is 35.5. The van der Waals surface area contributed by atoms with Gasteiger partial charge in [0.25, 0.3) is 5.56 Å². The van der Waals surface area contributed by atoms with Gasteiger partial charge in [0.1, 0.15) is 17.7 Å². The second-order valence-corrected chi connectivity index (χ2v) is 8.28. The Morgan fingerprint density at radius 2 is 2.00 bits per heavy atom. The van der Waals surface area contributed by atoms with Crippen LogP contribution in [-0.2, 0) is 0 Å². The maximum absolute atomic E-state index is 14.7. The van der Waals surface area contributed by atoms with Gasteiger partial charge in [-0.25, -0.2) is 19.3 Å². The molecule has 2 aromatic carbocycles. The maximum atomic E-state index is 14.7. The molecule has 5 aromatic rings. The molecule has 0 bridgehead atoms. The molecule has 166 valence electrons. The molecule has 5 rings (SSSR count). The number of halogens is 3. The number of hydrogen-bond acceptors (Lipinski definition) is 5. The Bertz CT molecular complexity index is 1560. The topological polar surface area (TPSA) is 88.5 Å². The van der Waals surface area contributed by atoms with Crippen LogP contribution >= 0.6 is 23.2 Å². The van der Waals surface area contributed by atoms with Crippen LogP contribution in [0.4, 0.5) is 10.2 Å². The van der Waals surface area contributed by atoms with Crippen molar-refractivity contribution >= 4 is 51.0 Å². The van der Waals surface area contributed by atoms with E-state index in [-0.39, 0.29) is 16.5 Å². The van der Waals surface area contributed by atoms with Gasteiger partial charge in [-0.3, -0.25) is 9.36 Å². The number of imidazole rings is 1. The summed E-state index contributed by atoms with van der Waals surface area (Å²) in [7, 11) is 0. The summed E-state index contributed by atoms with van der Waals surface area (Å²) in [6.07, 6.45) is 3.55. The fourth-order valence-electron chi connectivity index (χ4n) is 3.93. The number of benzene rings is 2. The Hall–Kier alpha value is -3.49. The van der Waals surface area contributed by atoms with Gasteiger partial charge in [0.2, 0.25) is 0 Å². The molecule has 0 aliphatic carbocycles. The van der Waals surface area contributed by atoms with Gasteiger partial charge in [0.05, 0.1) is 28.5 Å². The Balaban J connectivity index is 1.77. The third kappa shape index (κ3) is 3.71. The molecule has 0 radical (unpaired) electrons. The van der Waals surface area contributed by atoms with Gasteiger partial charge in [-0.1, -0.05) is 42.3 Å². The molecule has 0 saturated carbocycles. The van der Waals surface area contributed by atoms with Crippen molar-refractivity contribution in [1.29, 1.82) is 0 Å². The summed E-state index contributed by atoms with van der Waals surface area (Å²) in [6.45, 7) is 1.97. The van der Waals surface area contributed by atoms with Gasteiger partial charge < -0.3 is 10.3 Å². The molecular formula is C23H17Cl2FN6O. The van der Waals surface area contributed by atoms with E-state index in [0.717, 1.165) is 0 Å². The normalized spacial score (nSPS) is 12.4. The van der Waals surface area contributed by atoms with E-state index >= 15 is 0 Å². The lowest BCUT2D eigenvalue weighted by Crippen LogP contribution is -2.27. The highest BCUT2D eigenvalue weighted by Crippen LogP contribution is 2.31. The summed E-state index contributed by atoms with van der Waals surface area (Å²) < 4.78 is 16.1. The summed E-state index contributed by atoms with van der Waals surface area (Å²) in [5.41, 5.74) is 1.63. The summed E-state index contributed by atoms with van der Waals surface area (Å²) in [5, 5.41) is 4.54. The van der Waals surface area contributed by atoms with E-state index in [0.29, 0.717) is 45.2 Å². The Labute approximate surface area is 197 Å². The number of aromatic nitrogens is 5. The van der Waals surface area contributed by atoms with E-state index in [9.17, 15) is 9.18 Å². The molecule has 0 saturated heterocycles. The first-order chi connectivity index (χ1) is 16.0. The number of nitrogens with one attached hydrogen (secondary N) is 2. The molecule has 2 N–H and O–H groups in total. The van der Waals surface area contributed by atoms with Crippen LogP contribution in [0.5, 0.6) is 0 Å². The van der Waals surface area contributed by atoms with Crippen LogP contribution < -0.4 is 10.9 Å². The van der Waals surface area contributed by atoms with Gasteiger partial charge in [0.15, 0.2) is 11.5 Å². The second kappa shape index (κ2) is 8.46. The van der Waals surface area contributed by atoms with Crippen molar-refractivity contribution in [1.82, 2.24) is 24.5 Å². The quantitative estimate of drug-likeness (QED) is 0.337. The third-order valence-corrected chi connectivity index (χ3v) is 6.01. The molecule has 10 heteroatoms. The molecule has 1 unspecified atom stereocenters.